The van der Waals surface area contributed by atoms with Crippen molar-refractivity contribution in [3.63, 3.8) is 0 Å². The number of likely N-dealkylation sites (tertiary alicyclic amines) is 1. The summed E-state index contributed by atoms with van der Waals surface area (Å²) in [4.78, 5) is 15.3. The van der Waals surface area contributed by atoms with Crippen LogP contribution in [-0.4, -0.2) is 30.3 Å². The van der Waals surface area contributed by atoms with Crippen molar-refractivity contribution in [1.29, 1.82) is 0 Å². The predicted octanol–water partition coefficient (Wildman–Crippen LogP) is 5.33. The van der Waals surface area contributed by atoms with Gasteiger partial charge in [0, 0.05) is 23.6 Å². The van der Waals surface area contributed by atoms with E-state index in [4.69, 9.17) is 11.6 Å². The van der Waals surface area contributed by atoms with Crippen LogP contribution in [0.1, 0.15) is 36.8 Å². The average Bonchev–Trinajstić information content (AvgIpc) is 2.67. The number of allylic oxidation sites excluding steroid dienone is 1. The molecule has 3 heteroatoms. The van der Waals surface area contributed by atoms with Gasteiger partial charge >= 0.3 is 0 Å². The topological polar surface area (TPSA) is 20.3 Å². The van der Waals surface area contributed by atoms with Gasteiger partial charge in [0.2, 0.25) is 0 Å². The van der Waals surface area contributed by atoms with Crippen LogP contribution in [0.4, 0.5) is 0 Å². The molecule has 0 atom stereocenters. The molecule has 0 aromatic heterocycles. The summed E-state index contributed by atoms with van der Waals surface area (Å²) in [5, 5.41) is 0.704. The van der Waals surface area contributed by atoms with Crippen LogP contribution in [0.25, 0.3) is 11.6 Å². The molecule has 0 spiro atoms. The third kappa shape index (κ3) is 5.29. The van der Waals surface area contributed by atoms with E-state index < -0.39 is 0 Å². The van der Waals surface area contributed by atoms with Gasteiger partial charge in [0.1, 0.15) is 0 Å². The third-order valence-electron chi connectivity index (χ3n) is 4.67. The molecule has 25 heavy (non-hydrogen) atoms. The molecule has 1 aliphatic rings. The highest BCUT2D eigenvalue weighted by Crippen LogP contribution is 2.22. The maximum atomic E-state index is 12.9. The second-order valence-corrected chi connectivity index (χ2v) is 6.99. The Morgan fingerprint density at radius 1 is 0.960 bits per heavy atom. The fourth-order valence-electron chi connectivity index (χ4n) is 3.25. The summed E-state index contributed by atoms with van der Waals surface area (Å²) >= 11 is 5.97. The molecule has 1 saturated heterocycles. The van der Waals surface area contributed by atoms with E-state index >= 15 is 0 Å². The Morgan fingerprint density at radius 3 is 2.32 bits per heavy atom. The molecule has 0 unspecified atom stereocenters. The molecular weight excluding hydrogens is 330 g/mol. The average molecular weight is 354 g/mol. The number of rotatable bonds is 6. The monoisotopic (exact) mass is 353 g/mol. The van der Waals surface area contributed by atoms with Crippen molar-refractivity contribution in [2.45, 2.75) is 25.7 Å². The van der Waals surface area contributed by atoms with Crippen molar-refractivity contribution in [3.05, 3.63) is 70.7 Å². The Balaban J connectivity index is 1.78. The van der Waals surface area contributed by atoms with Gasteiger partial charge in [0.05, 0.1) is 0 Å². The SMILES string of the molecule is O=C(CCN1CCCCC1)C(=Cc1ccc(Cl)cc1)c1ccccc1. The van der Waals surface area contributed by atoms with Crippen LogP contribution in [0, 0.1) is 0 Å². The van der Waals surface area contributed by atoms with E-state index in [1.165, 1.54) is 19.3 Å². The van der Waals surface area contributed by atoms with E-state index in [2.05, 4.69) is 4.90 Å². The number of nitrogens with zero attached hydrogens (tertiary/aromatic N) is 1. The van der Waals surface area contributed by atoms with Gasteiger partial charge in [-0.15, -0.1) is 0 Å². The Kier molecular flexibility index (Phi) is 6.43. The van der Waals surface area contributed by atoms with E-state index in [9.17, 15) is 4.79 Å². The number of hydrogen-bond acceptors (Lipinski definition) is 2. The first-order valence-electron chi connectivity index (χ1n) is 9.00. The molecule has 2 aromatic carbocycles. The fourth-order valence-corrected chi connectivity index (χ4v) is 3.37. The van der Waals surface area contributed by atoms with Crippen molar-refractivity contribution in [3.8, 4) is 0 Å². The lowest BCUT2D eigenvalue weighted by Crippen LogP contribution is -2.31. The molecule has 1 aliphatic heterocycles. The number of Topliss-reactive ketones (excluding diaryl/α,β-unsaturated/α-hetero) is 1. The molecule has 3 rings (SSSR count). The van der Waals surface area contributed by atoms with Gasteiger partial charge < -0.3 is 4.90 Å². The first-order valence-corrected chi connectivity index (χ1v) is 9.38. The van der Waals surface area contributed by atoms with Gasteiger partial charge in [-0.3, -0.25) is 4.79 Å². The zero-order valence-electron chi connectivity index (χ0n) is 14.5. The van der Waals surface area contributed by atoms with Crippen molar-refractivity contribution in [2.24, 2.45) is 0 Å². The second kappa shape index (κ2) is 8.98. The molecule has 0 saturated carbocycles. The highest BCUT2D eigenvalue weighted by atomic mass is 35.5. The van der Waals surface area contributed by atoms with Crippen molar-refractivity contribution < 1.29 is 4.79 Å². The number of halogens is 1. The minimum atomic E-state index is 0.201. The number of piperidine rings is 1. The Bertz CT molecular complexity index is 715. The normalized spacial score (nSPS) is 16.0. The summed E-state index contributed by atoms with van der Waals surface area (Å²) in [5.74, 6) is 0.201. The summed E-state index contributed by atoms with van der Waals surface area (Å²) in [6.07, 6.45) is 6.36. The highest BCUT2D eigenvalue weighted by Gasteiger charge is 2.15. The van der Waals surface area contributed by atoms with Crippen LogP contribution in [0.5, 0.6) is 0 Å². The summed E-state index contributed by atoms with van der Waals surface area (Å²) in [7, 11) is 0. The molecular formula is C22H24ClNO. The minimum Gasteiger partial charge on any atom is -0.303 e. The first-order chi connectivity index (χ1) is 12.2. The molecule has 0 amide bonds. The minimum absolute atomic E-state index is 0.201. The van der Waals surface area contributed by atoms with Gasteiger partial charge in [0.15, 0.2) is 5.78 Å². The zero-order valence-corrected chi connectivity index (χ0v) is 15.2. The van der Waals surface area contributed by atoms with E-state index in [-0.39, 0.29) is 5.78 Å². The third-order valence-corrected chi connectivity index (χ3v) is 4.92. The second-order valence-electron chi connectivity index (χ2n) is 6.55. The van der Waals surface area contributed by atoms with E-state index in [0.29, 0.717) is 11.4 Å². The summed E-state index contributed by atoms with van der Waals surface area (Å²) in [6, 6.07) is 17.5. The smallest absolute Gasteiger partial charge is 0.164 e. The highest BCUT2D eigenvalue weighted by molar-refractivity contribution is 6.30. The maximum absolute atomic E-state index is 12.9. The molecule has 0 bridgehead atoms. The Morgan fingerprint density at radius 2 is 1.64 bits per heavy atom. The largest absolute Gasteiger partial charge is 0.303 e. The van der Waals surface area contributed by atoms with Crippen LogP contribution in [0.2, 0.25) is 5.02 Å². The summed E-state index contributed by atoms with van der Waals surface area (Å²) in [6.45, 7) is 3.09. The first kappa shape index (κ1) is 17.9. The van der Waals surface area contributed by atoms with Crippen LogP contribution >= 0.6 is 11.6 Å². The summed E-state index contributed by atoms with van der Waals surface area (Å²) < 4.78 is 0. The molecule has 2 nitrogen and oxygen atoms in total. The molecule has 0 aliphatic carbocycles. The van der Waals surface area contributed by atoms with Gasteiger partial charge in [0.25, 0.3) is 0 Å². The van der Waals surface area contributed by atoms with E-state index in [1.54, 1.807) is 0 Å². The van der Waals surface area contributed by atoms with Crippen LogP contribution in [-0.2, 0) is 4.79 Å². The molecule has 0 radical (unpaired) electrons. The van der Waals surface area contributed by atoms with Crippen LogP contribution in [0.3, 0.4) is 0 Å². The lowest BCUT2D eigenvalue weighted by Gasteiger charge is -2.26. The van der Waals surface area contributed by atoms with Crippen molar-refractivity contribution in [1.82, 2.24) is 4.90 Å². The number of benzene rings is 2. The van der Waals surface area contributed by atoms with Crippen molar-refractivity contribution >= 4 is 29.0 Å². The number of carbonyl (C=O) groups is 1. The fraction of sp³-hybridized carbons (Fsp3) is 0.318. The maximum Gasteiger partial charge on any atom is 0.164 e. The van der Waals surface area contributed by atoms with Crippen molar-refractivity contribution in [2.75, 3.05) is 19.6 Å². The Labute approximate surface area is 155 Å². The quantitative estimate of drug-likeness (QED) is 0.517. The zero-order chi connectivity index (χ0) is 17.5. The number of hydrogen-bond donors (Lipinski definition) is 0. The predicted molar refractivity (Wildman–Crippen MR) is 106 cm³/mol. The molecule has 0 N–H and O–H groups in total. The Hall–Kier alpha value is -1.90. The van der Waals surface area contributed by atoms with E-state index in [0.717, 1.165) is 36.3 Å². The van der Waals surface area contributed by atoms with Gasteiger partial charge in [-0.05, 0) is 55.3 Å². The van der Waals surface area contributed by atoms with E-state index in [1.807, 2.05) is 60.7 Å². The molecule has 1 fully saturated rings. The molecule has 2 aromatic rings. The number of ketones is 1. The van der Waals surface area contributed by atoms with Crippen LogP contribution in [0.15, 0.2) is 54.6 Å². The molecule has 1 heterocycles. The van der Waals surface area contributed by atoms with Gasteiger partial charge in [-0.2, -0.15) is 0 Å². The molecule has 130 valence electrons. The number of carbonyl (C=O) groups excluding carboxylic acids is 1. The van der Waals surface area contributed by atoms with Gasteiger partial charge in [-0.25, -0.2) is 0 Å². The lowest BCUT2D eigenvalue weighted by molar-refractivity contribution is -0.114. The van der Waals surface area contributed by atoms with Crippen LogP contribution < -0.4 is 0 Å². The summed E-state index contributed by atoms with van der Waals surface area (Å²) in [5.41, 5.74) is 2.75. The standard InChI is InChI=1S/C22H24ClNO/c23-20-11-9-18(10-12-20)17-21(19-7-3-1-4-8-19)22(25)13-16-24-14-5-2-6-15-24/h1,3-4,7-12,17H,2,5-6,13-16H2. The van der Waals surface area contributed by atoms with Gasteiger partial charge in [-0.1, -0.05) is 60.5 Å². The lowest BCUT2D eigenvalue weighted by atomic mass is 9.97.